The first-order valence-electron chi connectivity index (χ1n) is 4.64. The van der Waals surface area contributed by atoms with Gasteiger partial charge in [0.1, 0.15) is 0 Å². The Balaban J connectivity index is 3.02. The highest BCUT2D eigenvalue weighted by Gasteiger charge is 2.03. The van der Waals surface area contributed by atoms with Gasteiger partial charge in [-0.3, -0.25) is 0 Å². The Morgan fingerprint density at radius 3 is 2.69 bits per heavy atom. The van der Waals surface area contributed by atoms with E-state index >= 15 is 0 Å². The van der Waals surface area contributed by atoms with Gasteiger partial charge in [-0.2, -0.15) is 0 Å². The van der Waals surface area contributed by atoms with Crippen molar-refractivity contribution in [1.29, 1.82) is 0 Å². The number of benzene rings is 1. The summed E-state index contributed by atoms with van der Waals surface area (Å²) in [5, 5.41) is 0. The lowest BCUT2D eigenvalue weighted by atomic mass is 9.97. The molecule has 0 nitrogen and oxygen atoms in total. The number of hydrogen-bond donors (Lipinski definition) is 1. The van der Waals surface area contributed by atoms with Crippen LogP contribution in [-0.2, 0) is 0 Å². The van der Waals surface area contributed by atoms with Gasteiger partial charge in [-0.15, -0.1) is 12.6 Å². The minimum atomic E-state index is 0.616. The lowest BCUT2D eigenvalue weighted by Crippen LogP contribution is -1.91. The first-order chi connectivity index (χ1) is 6.19. The summed E-state index contributed by atoms with van der Waals surface area (Å²) in [5.41, 5.74) is 2.47. The molecule has 0 radical (unpaired) electrons. The maximum atomic E-state index is 4.41. The summed E-state index contributed by atoms with van der Waals surface area (Å²) in [6.07, 6.45) is 3.00. The molecule has 1 aromatic carbocycles. The van der Waals surface area contributed by atoms with Crippen LogP contribution in [0.5, 0.6) is 0 Å². The zero-order valence-corrected chi connectivity index (χ0v) is 9.14. The third-order valence-corrected chi connectivity index (χ3v) is 2.84. The minimum absolute atomic E-state index is 0.616. The summed E-state index contributed by atoms with van der Waals surface area (Å²) in [6, 6.07) is 6.37. The van der Waals surface area contributed by atoms with Crippen LogP contribution in [0.4, 0.5) is 0 Å². The second-order valence-corrected chi connectivity index (χ2v) is 3.81. The molecular formula is C12H16S. The lowest BCUT2D eigenvalue weighted by molar-refractivity contribution is 0.731. The van der Waals surface area contributed by atoms with Gasteiger partial charge in [-0.05, 0) is 29.5 Å². The highest BCUT2D eigenvalue weighted by atomic mass is 32.1. The van der Waals surface area contributed by atoms with Gasteiger partial charge < -0.3 is 0 Å². The van der Waals surface area contributed by atoms with Crippen LogP contribution in [0.1, 0.15) is 37.3 Å². The van der Waals surface area contributed by atoms with Gasteiger partial charge in [-0.1, -0.05) is 38.6 Å². The van der Waals surface area contributed by atoms with Crippen LogP contribution in [0.15, 0.2) is 29.7 Å². The van der Waals surface area contributed by atoms with Crippen molar-refractivity contribution in [2.75, 3.05) is 0 Å². The van der Waals surface area contributed by atoms with Crippen LogP contribution in [0, 0.1) is 0 Å². The fourth-order valence-corrected chi connectivity index (χ4v) is 1.59. The van der Waals surface area contributed by atoms with E-state index in [4.69, 9.17) is 0 Å². The predicted octanol–water partition coefficient (Wildman–Crippen LogP) is 4.13. The molecule has 0 aliphatic heterocycles. The summed E-state index contributed by atoms with van der Waals surface area (Å²) in [4.78, 5) is 1.02. The second-order valence-electron chi connectivity index (χ2n) is 3.33. The average Bonchev–Trinajstić information content (AvgIpc) is 2.16. The van der Waals surface area contributed by atoms with E-state index in [1.54, 1.807) is 0 Å². The van der Waals surface area contributed by atoms with E-state index in [9.17, 15) is 0 Å². The van der Waals surface area contributed by atoms with Gasteiger partial charge in [0.15, 0.2) is 0 Å². The van der Waals surface area contributed by atoms with E-state index in [2.05, 4.69) is 51.3 Å². The van der Waals surface area contributed by atoms with E-state index in [1.165, 1.54) is 12.0 Å². The second kappa shape index (κ2) is 4.52. The lowest BCUT2D eigenvalue weighted by Gasteiger charge is -2.10. The molecular weight excluding hydrogens is 176 g/mol. The van der Waals surface area contributed by atoms with Crippen molar-refractivity contribution in [3.05, 3.63) is 35.9 Å². The molecule has 1 aromatic rings. The van der Waals surface area contributed by atoms with Crippen LogP contribution in [0.2, 0.25) is 0 Å². The summed E-state index contributed by atoms with van der Waals surface area (Å²) >= 11 is 4.41. The Morgan fingerprint density at radius 1 is 1.54 bits per heavy atom. The molecule has 0 aliphatic rings. The molecule has 0 saturated carbocycles. The fourth-order valence-electron chi connectivity index (χ4n) is 1.28. The van der Waals surface area contributed by atoms with Crippen LogP contribution < -0.4 is 0 Å². The SMILES string of the molecule is C=Cc1ccc(C(C)CC)cc1S. The van der Waals surface area contributed by atoms with Gasteiger partial charge in [-0.25, -0.2) is 0 Å². The zero-order valence-electron chi connectivity index (χ0n) is 8.25. The molecule has 1 atom stereocenters. The Bertz CT molecular complexity index is 302. The largest absolute Gasteiger partial charge is 0.143 e. The molecule has 1 rings (SSSR count). The van der Waals surface area contributed by atoms with Crippen LogP contribution >= 0.6 is 12.6 Å². The number of rotatable bonds is 3. The van der Waals surface area contributed by atoms with Gasteiger partial charge in [0.25, 0.3) is 0 Å². The normalized spacial score (nSPS) is 12.5. The Kier molecular flexibility index (Phi) is 3.61. The van der Waals surface area contributed by atoms with E-state index in [0.29, 0.717) is 5.92 Å². The molecule has 0 heterocycles. The number of thiol groups is 1. The van der Waals surface area contributed by atoms with Crippen molar-refractivity contribution in [3.63, 3.8) is 0 Å². The molecule has 0 aliphatic carbocycles. The third-order valence-electron chi connectivity index (χ3n) is 2.46. The maximum absolute atomic E-state index is 4.41. The molecule has 13 heavy (non-hydrogen) atoms. The van der Waals surface area contributed by atoms with E-state index < -0.39 is 0 Å². The topological polar surface area (TPSA) is 0 Å². The number of hydrogen-bond acceptors (Lipinski definition) is 1. The van der Waals surface area contributed by atoms with Crippen molar-refractivity contribution in [3.8, 4) is 0 Å². The first kappa shape index (κ1) is 10.4. The van der Waals surface area contributed by atoms with Crippen LogP contribution in [0.25, 0.3) is 6.08 Å². The van der Waals surface area contributed by atoms with Gasteiger partial charge >= 0.3 is 0 Å². The van der Waals surface area contributed by atoms with Crippen LogP contribution in [0.3, 0.4) is 0 Å². The van der Waals surface area contributed by atoms with Gasteiger partial charge in [0.2, 0.25) is 0 Å². The van der Waals surface area contributed by atoms with Crippen molar-refractivity contribution >= 4 is 18.7 Å². The van der Waals surface area contributed by atoms with Crippen molar-refractivity contribution in [1.82, 2.24) is 0 Å². The molecule has 1 heteroatoms. The standard InChI is InChI=1S/C12H16S/c1-4-9(3)11-7-6-10(5-2)12(13)8-11/h5-9,13H,2,4H2,1,3H3. The summed E-state index contributed by atoms with van der Waals surface area (Å²) in [5.74, 6) is 0.616. The summed E-state index contributed by atoms with van der Waals surface area (Å²) in [7, 11) is 0. The van der Waals surface area contributed by atoms with Crippen molar-refractivity contribution in [2.24, 2.45) is 0 Å². The molecule has 70 valence electrons. The first-order valence-corrected chi connectivity index (χ1v) is 5.09. The maximum Gasteiger partial charge on any atom is 0.0115 e. The predicted molar refractivity (Wildman–Crippen MR) is 62.5 cm³/mol. The monoisotopic (exact) mass is 192 g/mol. The molecule has 0 aromatic heterocycles. The van der Waals surface area contributed by atoms with E-state index in [-0.39, 0.29) is 0 Å². The third kappa shape index (κ3) is 2.38. The zero-order chi connectivity index (χ0) is 9.84. The summed E-state index contributed by atoms with van der Waals surface area (Å²) < 4.78 is 0. The smallest absolute Gasteiger partial charge is 0.0115 e. The van der Waals surface area contributed by atoms with Gasteiger partial charge in [0.05, 0.1) is 0 Å². The Labute approximate surface area is 86.1 Å². The molecule has 0 N–H and O–H groups in total. The molecule has 1 unspecified atom stereocenters. The highest BCUT2D eigenvalue weighted by molar-refractivity contribution is 7.80. The van der Waals surface area contributed by atoms with Crippen LogP contribution in [-0.4, -0.2) is 0 Å². The minimum Gasteiger partial charge on any atom is -0.143 e. The Morgan fingerprint density at radius 2 is 2.23 bits per heavy atom. The Hall–Kier alpha value is -0.690. The molecule has 0 saturated heterocycles. The van der Waals surface area contributed by atoms with E-state index in [1.807, 2.05) is 6.08 Å². The quantitative estimate of drug-likeness (QED) is 0.684. The van der Waals surface area contributed by atoms with E-state index in [0.717, 1.165) is 10.5 Å². The average molecular weight is 192 g/mol. The molecule has 0 amide bonds. The molecule has 0 fully saturated rings. The molecule has 0 spiro atoms. The van der Waals surface area contributed by atoms with Gasteiger partial charge in [0, 0.05) is 4.90 Å². The van der Waals surface area contributed by atoms with Crippen molar-refractivity contribution in [2.45, 2.75) is 31.1 Å². The fraction of sp³-hybridized carbons (Fsp3) is 0.333. The molecule has 0 bridgehead atoms. The van der Waals surface area contributed by atoms with Crippen molar-refractivity contribution < 1.29 is 0 Å². The summed E-state index contributed by atoms with van der Waals surface area (Å²) in [6.45, 7) is 8.17. The highest BCUT2D eigenvalue weighted by Crippen LogP contribution is 2.24.